The molecule has 3 nitrogen and oxygen atoms in total. The molecule has 0 saturated heterocycles. The van der Waals surface area contributed by atoms with Gasteiger partial charge in [-0.05, 0) is 6.07 Å². The largest absolute Gasteiger partial charge is 0.222 e. The van der Waals surface area contributed by atoms with E-state index in [1.165, 1.54) is 6.07 Å². The van der Waals surface area contributed by atoms with Crippen molar-refractivity contribution < 1.29 is 0 Å². The zero-order chi connectivity index (χ0) is 9.14. The SMILES string of the molecule is O=NCc1cc(Cl)c(Cl)nc1Cl. The fraction of sp³-hybridized carbons (Fsp3) is 0.167. The first kappa shape index (κ1) is 9.71. The first-order valence-electron chi connectivity index (χ1n) is 2.94. The molecule has 0 amide bonds. The van der Waals surface area contributed by atoms with Gasteiger partial charge < -0.3 is 0 Å². The molecule has 0 N–H and O–H groups in total. The Morgan fingerprint density at radius 2 is 2.00 bits per heavy atom. The molecule has 1 rings (SSSR count). The van der Waals surface area contributed by atoms with Crippen LogP contribution in [-0.2, 0) is 6.54 Å². The molecule has 1 aromatic heterocycles. The number of hydrogen-bond donors (Lipinski definition) is 0. The Labute approximate surface area is 83.6 Å². The van der Waals surface area contributed by atoms with Gasteiger partial charge in [-0.1, -0.05) is 40.0 Å². The minimum absolute atomic E-state index is 0.0529. The highest BCUT2D eigenvalue weighted by Crippen LogP contribution is 2.25. The van der Waals surface area contributed by atoms with Gasteiger partial charge in [-0.2, -0.15) is 4.91 Å². The zero-order valence-electron chi connectivity index (χ0n) is 5.72. The van der Waals surface area contributed by atoms with Crippen LogP contribution in [0.4, 0.5) is 0 Å². The van der Waals surface area contributed by atoms with Gasteiger partial charge in [0.1, 0.15) is 16.9 Å². The van der Waals surface area contributed by atoms with Crippen molar-refractivity contribution in [3.63, 3.8) is 0 Å². The van der Waals surface area contributed by atoms with Crippen molar-refractivity contribution in [3.05, 3.63) is 31.9 Å². The number of aromatic nitrogens is 1. The van der Waals surface area contributed by atoms with Gasteiger partial charge in [-0.3, -0.25) is 0 Å². The molecule has 0 aliphatic heterocycles. The Hall–Kier alpha value is -0.380. The second-order valence-corrected chi connectivity index (χ2v) is 3.12. The first-order valence-corrected chi connectivity index (χ1v) is 4.08. The third kappa shape index (κ3) is 2.06. The predicted molar refractivity (Wildman–Crippen MR) is 48.8 cm³/mol. The second-order valence-electron chi connectivity index (χ2n) is 2.00. The van der Waals surface area contributed by atoms with Crippen LogP contribution in [0.5, 0.6) is 0 Å². The number of nitroso groups, excluding NO2 is 1. The fourth-order valence-electron chi connectivity index (χ4n) is 0.664. The Morgan fingerprint density at radius 1 is 1.33 bits per heavy atom. The lowest BCUT2D eigenvalue weighted by Gasteiger charge is -2.00. The number of nitrogens with zero attached hydrogens (tertiary/aromatic N) is 2. The van der Waals surface area contributed by atoms with Gasteiger partial charge in [0.05, 0.1) is 5.02 Å². The van der Waals surface area contributed by atoms with Crippen LogP contribution in [0.1, 0.15) is 5.56 Å². The topological polar surface area (TPSA) is 42.3 Å². The molecule has 1 aromatic rings. The van der Waals surface area contributed by atoms with Crippen molar-refractivity contribution in [1.29, 1.82) is 0 Å². The average molecular weight is 225 g/mol. The third-order valence-electron chi connectivity index (χ3n) is 1.19. The van der Waals surface area contributed by atoms with Crippen molar-refractivity contribution in [2.45, 2.75) is 6.54 Å². The molecule has 0 fully saturated rings. The third-order valence-corrected chi connectivity index (χ3v) is 2.19. The van der Waals surface area contributed by atoms with Gasteiger partial charge in [0, 0.05) is 5.56 Å². The van der Waals surface area contributed by atoms with Crippen molar-refractivity contribution >= 4 is 34.8 Å². The molecule has 0 saturated carbocycles. The molecule has 0 bridgehead atoms. The Balaban J connectivity index is 3.13. The Bertz CT molecular complexity index is 316. The van der Waals surface area contributed by atoms with Gasteiger partial charge in [-0.25, -0.2) is 4.98 Å². The zero-order valence-corrected chi connectivity index (χ0v) is 7.99. The first-order chi connectivity index (χ1) is 5.65. The van der Waals surface area contributed by atoms with Gasteiger partial charge in [0.25, 0.3) is 0 Å². The van der Waals surface area contributed by atoms with Crippen LogP contribution in [0.15, 0.2) is 11.2 Å². The maximum atomic E-state index is 9.91. The fourth-order valence-corrected chi connectivity index (χ4v) is 1.22. The molecule has 64 valence electrons. The van der Waals surface area contributed by atoms with Crippen molar-refractivity contribution in [2.75, 3.05) is 0 Å². The summed E-state index contributed by atoms with van der Waals surface area (Å²) in [5, 5.41) is 3.20. The predicted octanol–water partition coefficient (Wildman–Crippen LogP) is 3.31. The maximum Gasteiger partial charge on any atom is 0.149 e. The summed E-state index contributed by atoms with van der Waals surface area (Å²) in [4.78, 5) is 13.6. The lowest BCUT2D eigenvalue weighted by Crippen LogP contribution is -1.88. The number of hydrogen-bond acceptors (Lipinski definition) is 3. The van der Waals surface area contributed by atoms with E-state index < -0.39 is 0 Å². The monoisotopic (exact) mass is 224 g/mol. The smallest absolute Gasteiger partial charge is 0.149 e. The summed E-state index contributed by atoms with van der Waals surface area (Å²) >= 11 is 16.8. The van der Waals surface area contributed by atoms with E-state index in [0.717, 1.165) is 0 Å². The molecule has 0 radical (unpaired) electrons. The highest BCUT2D eigenvalue weighted by atomic mass is 35.5. The van der Waals surface area contributed by atoms with E-state index in [0.29, 0.717) is 5.56 Å². The number of rotatable bonds is 2. The van der Waals surface area contributed by atoms with E-state index in [1.807, 2.05) is 0 Å². The lowest BCUT2D eigenvalue weighted by atomic mass is 10.3. The van der Waals surface area contributed by atoms with E-state index >= 15 is 0 Å². The van der Waals surface area contributed by atoms with Crippen LogP contribution in [0.25, 0.3) is 0 Å². The van der Waals surface area contributed by atoms with E-state index in [2.05, 4.69) is 10.2 Å². The van der Waals surface area contributed by atoms with Gasteiger partial charge in [0.15, 0.2) is 0 Å². The van der Waals surface area contributed by atoms with Crippen molar-refractivity contribution in [2.24, 2.45) is 5.18 Å². The summed E-state index contributed by atoms with van der Waals surface area (Å²) in [5.74, 6) is 0. The van der Waals surface area contributed by atoms with Crippen LogP contribution >= 0.6 is 34.8 Å². The van der Waals surface area contributed by atoms with Gasteiger partial charge in [-0.15, -0.1) is 0 Å². The normalized spacial score (nSPS) is 9.92. The van der Waals surface area contributed by atoms with Crippen LogP contribution in [0.3, 0.4) is 0 Å². The average Bonchev–Trinajstić information content (AvgIpc) is 2.01. The van der Waals surface area contributed by atoms with E-state index in [4.69, 9.17) is 34.8 Å². The van der Waals surface area contributed by atoms with E-state index in [9.17, 15) is 4.91 Å². The molecular weight excluding hydrogens is 222 g/mol. The summed E-state index contributed by atoms with van der Waals surface area (Å²) in [6.45, 7) is -0.0529. The molecule has 1 heterocycles. The molecule has 0 aromatic carbocycles. The second kappa shape index (κ2) is 4.03. The molecule has 6 heteroatoms. The molecule has 12 heavy (non-hydrogen) atoms. The number of pyridine rings is 1. The maximum absolute atomic E-state index is 9.91. The standard InChI is InChI=1S/C6H3Cl3N2O/c7-4-1-3(2-10-12)5(8)11-6(4)9/h1H,2H2. The summed E-state index contributed by atoms with van der Waals surface area (Å²) in [6.07, 6.45) is 0. The van der Waals surface area contributed by atoms with E-state index in [-0.39, 0.29) is 21.9 Å². The van der Waals surface area contributed by atoms with E-state index in [1.54, 1.807) is 0 Å². The Morgan fingerprint density at radius 3 is 2.58 bits per heavy atom. The molecule has 0 atom stereocenters. The molecule has 0 spiro atoms. The minimum Gasteiger partial charge on any atom is -0.222 e. The molecule has 0 aliphatic carbocycles. The molecule has 0 aliphatic rings. The van der Waals surface area contributed by atoms with Crippen LogP contribution in [-0.4, -0.2) is 4.98 Å². The van der Waals surface area contributed by atoms with Crippen LogP contribution in [0, 0.1) is 4.91 Å². The Kier molecular flexibility index (Phi) is 3.26. The number of halogens is 3. The van der Waals surface area contributed by atoms with Crippen molar-refractivity contribution in [3.8, 4) is 0 Å². The van der Waals surface area contributed by atoms with Crippen LogP contribution < -0.4 is 0 Å². The quantitative estimate of drug-likeness (QED) is 0.572. The summed E-state index contributed by atoms with van der Waals surface area (Å²) < 4.78 is 0. The van der Waals surface area contributed by atoms with Gasteiger partial charge in [0.2, 0.25) is 0 Å². The minimum atomic E-state index is -0.0529. The lowest BCUT2D eigenvalue weighted by molar-refractivity contribution is 1.03. The van der Waals surface area contributed by atoms with Crippen molar-refractivity contribution in [1.82, 2.24) is 4.98 Å². The summed E-state index contributed by atoms with van der Waals surface area (Å²) in [7, 11) is 0. The highest BCUT2D eigenvalue weighted by molar-refractivity contribution is 6.42. The van der Waals surface area contributed by atoms with Gasteiger partial charge >= 0.3 is 0 Å². The summed E-state index contributed by atoms with van der Waals surface area (Å²) in [5.41, 5.74) is 0.473. The summed E-state index contributed by atoms with van der Waals surface area (Å²) in [6, 6.07) is 1.47. The highest BCUT2D eigenvalue weighted by Gasteiger charge is 2.06. The molecular formula is C6H3Cl3N2O. The molecule has 0 unspecified atom stereocenters. The van der Waals surface area contributed by atoms with Crippen LogP contribution in [0.2, 0.25) is 15.3 Å².